The molecule has 0 saturated carbocycles. The molecule has 0 nitrogen and oxygen atoms in total. The van der Waals surface area contributed by atoms with Crippen LogP contribution in [0.1, 0.15) is 56.7 Å². The van der Waals surface area contributed by atoms with Crippen molar-refractivity contribution in [3.8, 4) is 22.3 Å². The van der Waals surface area contributed by atoms with Gasteiger partial charge in [0.25, 0.3) is 0 Å². The molecule has 0 radical (unpaired) electrons. The van der Waals surface area contributed by atoms with Crippen LogP contribution in [0, 0.1) is 0 Å². The Hall–Kier alpha value is -1.96. The van der Waals surface area contributed by atoms with Gasteiger partial charge in [-0.15, -0.1) is 0 Å². The van der Waals surface area contributed by atoms with Crippen LogP contribution in [0.15, 0.2) is 108 Å². The van der Waals surface area contributed by atoms with Gasteiger partial charge >= 0.3 is 248 Å². The third-order valence-electron chi connectivity index (χ3n) is 10.4. The van der Waals surface area contributed by atoms with E-state index in [1.54, 1.807) is 0 Å². The Morgan fingerprint density at radius 3 is 1.62 bits per heavy atom. The van der Waals surface area contributed by atoms with Crippen LogP contribution in [0.4, 0.5) is 0 Å². The summed E-state index contributed by atoms with van der Waals surface area (Å²) in [5, 5.41) is 0. The molecule has 0 aromatic heterocycles. The van der Waals surface area contributed by atoms with Crippen molar-refractivity contribution in [2.45, 2.75) is 45.1 Å². The van der Waals surface area contributed by atoms with E-state index in [1.807, 2.05) is 0 Å². The summed E-state index contributed by atoms with van der Waals surface area (Å²) in [5.41, 5.74) is 13.2. The second-order valence-electron chi connectivity index (χ2n) is 12.2. The zero-order valence-electron chi connectivity index (χ0n) is 23.9. The number of fused-ring (bicyclic) bond motifs is 2. The van der Waals surface area contributed by atoms with Gasteiger partial charge in [-0.2, -0.15) is 0 Å². The number of allylic oxidation sites excluding steroid dienone is 2. The van der Waals surface area contributed by atoms with Gasteiger partial charge in [0.05, 0.1) is 0 Å². The van der Waals surface area contributed by atoms with Crippen LogP contribution in [0.3, 0.4) is 0 Å². The maximum absolute atomic E-state index is 8.70. The van der Waals surface area contributed by atoms with Crippen molar-refractivity contribution in [1.82, 2.24) is 0 Å². The maximum atomic E-state index is 8.70. The minimum absolute atomic E-state index is 0.0937. The molecule has 2 aliphatic rings. The first-order chi connectivity index (χ1) is 19.2. The first-order valence-corrected chi connectivity index (χ1v) is 33.0. The Labute approximate surface area is 245 Å². The van der Waals surface area contributed by atoms with Crippen LogP contribution in [0.5, 0.6) is 0 Å². The van der Waals surface area contributed by atoms with E-state index >= 15 is 0 Å². The summed E-state index contributed by atoms with van der Waals surface area (Å²) in [7, 11) is 17.4. The predicted molar refractivity (Wildman–Crippen MR) is 178 cm³/mol. The van der Waals surface area contributed by atoms with Crippen LogP contribution in [-0.4, -0.2) is 6.65 Å². The Balaban J connectivity index is 1.62. The Morgan fingerprint density at radius 1 is 0.650 bits per heavy atom. The average molecular weight is 661 g/mol. The number of hydrogen-bond acceptors (Lipinski definition) is 0. The summed E-state index contributed by atoms with van der Waals surface area (Å²) in [4.78, 5) is 0. The van der Waals surface area contributed by atoms with E-state index in [2.05, 4.69) is 137 Å². The topological polar surface area (TPSA) is 0 Å². The van der Waals surface area contributed by atoms with E-state index in [9.17, 15) is 0 Å². The molecule has 4 heteroatoms. The molecule has 0 heterocycles. The number of benzene rings is 4. The Morgan fingerprint density at radius 2 is 1.15 bits per heavy atom. The molecular weight excluding hydrogens is 623 g/mol. The van der Waals surface area contributed by atoms with Crippen LogP contribution in [-0.2, 0) is 14.1 Å². The van der Waals surface area contributed by atoms with Gasteiger partial charge in [0.2, 0.25) is 0 Å². The fourth-order valence-electron chi connectivity index (χ4n) is 8.28. The van der Waals surface area contributed by atoms with Crippen LogP contribution >= 0.6 is 17.0 Å². The fourth-order valence-corrected chi connectivity index (χ4v) is 46.6. The number of hydrogen-bond donors (Lipinski definition) is 0. The molecule has 0 bridgehead atoms. The molecule has 2 unspecified atom stereocenters. The van der Waals surface area contributed by atoms with Crippen molar-refractivity contribution in [2.75, 3.05) is 0 Å². The summed E-state index contributed by atoms with van der Waals surface area (Å²) >= 11 is -5.23. The molecule has 2 aliphatic carbocycles. The Kier molecular flexibility index (Phi) is 6.91. The Bertz CT molecular complexity index is 1680. The van der Waals surface area contributed by atoms with Crippen molar-refractivity contribution < 1.29 is 14.1 Å². The quantitative estimate of drug-likeness (QED) is 0.173. The van der Waals surface area contributed by atoms with Gasteiger partial charge in [0.1, 0.15) is 0 Å². The predicted octanol–water partition coefficient (Wildman–Crippen LogP) is 11.1. The summed E-state index contributed by atoms with van der Waals surface area (Å²) in [6.07, 6.45) is 5.82. The summed E-state index contributed by atoms with van der Waals surface area (Å²) in [5.74, 6) is 0. The first kappa shape index (κ1) is 28.2. The molecule has 0 saturated heterocycles. The molecule has 4 aromatic carbocycles. The second-order valence-corrected chi connectivity index (χ2v) is 66.0. The molecule has 4 aromatic rings. The van der Waals surface area contributed by atoms with E-state index in [0.29, 0.717) is 0 Å². The van der Waals surface area contributed by atoms with E-state index in [4.69, 9.17) is 17.0 Å². The molecule has 0 fully saturated rings. The molecule has 6 rings (SSSR count). The first-order valence-electron chi connectivity index (χ1n) is 14.8. The van der Waals surface area contributed by atoms with Crippen molar-refractivity contribution in [3.63, 3.8) is 0 Å². The summed E-state index contributed by atoms with van der Waals surface area (Å²) in [6, 6.07) is 35.1. The molecule has 204 valence electrons. The summed E-state index contributed by atoms with van der Waals surface area (Å²) in [6.45, 7) is 8.43. The normalized spacial score (nSPS) is 20.1. The van der Waals surface area contributed by atoms with Gasteiger partial charge < -0.3 is 0 Å². The van der Waals surface area contributed by atoms with E-state index in [0.717, 1.165) is 10.5 Å². The molecule has 0 aliphatic heterocycles. The van der Waals surface area contributed by atoms with Crippen LogP contribution in [0.2, 0.25) is 10.7 Å². The third kappa shape index (κ3) is 3.94. The molecule has 0 amide bonds. The molecule has 2 atom stereocenters. The molecule has 0 N–H and O–H groups in total. The van der Waals surface area contributed by atoms with Crippen molar-refractivity contribution in [2.24, 2.45) is 0 Å². The van der Waals surface area contributed by atoms with Crippen molar-refractivity contribution in [1.29, 1.82) is 0 Å². The van der Waals surface area contributed by atoms with Crippen molar-refractivity contribution >= 4 is 35.8 Å². The monoisotopic (exact) mass is 658 g/mol. The van der Waals surface area contributed by atoms with Crippen LogP contribution in [0.25, 0.3) is 34.4 Å². The van der Waals surface area contributed by atoms with Gasteiger partial charge in [0, 0.05) is 0 Å². The van der Waals surface area contributed by atoms with Gasteiger partial charge in [-0.25, -0.2) is 0 Å². The van der Waals surface area contributed by atoms with Gasteiger partial charge in [0.15, 0.2) is 0 Å². The van der Waals surface area contributed by atoms with E-state index < -0.39 is 20.7 Å². The number of halogens is 2. The minimum atomic E-state index is -5.23. The zero-order valence-corrected chi connectivity index (χ0v) is 29.3. The van der Waals surface area contributed by atoms with Gasteiger partial charge in [-0.3, -0.25) is 0 Å². The van der Waals surface area contributed by atoms with Gasteiger partial charge in [-0.1, -0.05) is 0 Å². The van der Waals surface area contributed by atoms with Crippen LogP contribution < -0.4 is 0 Å². The summed E-state index contributed by atoms with van der Waals surface area (Å²) < 4.78 is 1.07. The van der Waals surface area contributed by atoms with Crippen molar-refractivity contribution in [3.05, 3.63) is 130 Å². The van der Waals surface area contributed by atoms with Gasteiger partial charge in [-0.05, 0) is 0 Å². The molecule has 40 heavy (non-hydrogen) atoms. The number of rotatable bonds is 7. The third-order valence-corrected chi connectivity index (χ3v) is 67.5. The average Bonchev–Trinajstić information content (AvgIpc) is 3.57. The zero-order chi connectivity index (χ0) is 28.2. The SMILES string of the molecule is CCC1=Cc2c(-c3ccccc3)cccc2[CH]1[Zr]([Cl])([Cl])([CH2]C)([SiH2]C)[CH]1C(C)=Cc2c(-c3ccccc3)cccc21. The fraction of sp³-hybridized carbons (Fsp3) is 0.222. The molecular formula is C36H38Cl2SiZr. The molecule has 0 spiro atoms. The van der Waals surface area contributed by atoms with E-state index in [-0.39, 0.29) is 7.25 Å². The van der Waals surface area contributed by atoms with E-state index in [1.165, 1.54) is 55.7 Å². The second kappa shape index (κ2) is 9.81. The standard InChI is InChI=1S/C17H15.C16H13.C2H5.CH5Si.2ClH.Zr/c1-2-13-11-15-9-6-10-16(17(15)12-13)14-7-4-3-5-8-14;1-12-10-14-8-5-9-15(16(14)11-12)13-6-3-2-4-7-13;2*1-2;;;/h3-12H,2H2,1H3;2-11H,1H3;1H2,2H3;2H2,1H3;2*1H;/q;;;;;;+2/p-2.